The molecule has 0 spiro atoms. The van der Waals surface area contributed by atoms with Crippen molar-refractivity contribution in [3.63, 3.8) is 0 Å². The summed E-state index contributed by atoms with van der Waals surface area (Å²) in [4.78, 5) is 4.66. The number of para-hydroxylation sites is 1. The number of aromatic nitrogens is 1. The Balaban J connectivity index is 2.14. The molecule has 4 heteroatoms. The van der Waals surface area contributed by atoms with Gasteiger partial charge in [-0.2, -0.15) is 0 Å². The molecule has 1 atom stereocenters. The van der Waals surface area contributed by atoms with E-state index in [0.717, 1.165) is 26.6 Å². The number of benzene rings is 2. The first kappa shape index (κ1) is 13.6. The van der Waals surface area contributed by atoms with Gasteiger partial charge >= 0.3 is 0 Å². The van der Waals surface area contributed by atoms with Crippen LogP contribution in [0.25, 0.3) is 10.9 Å². The van der Waals surface area contributed by atoms with Gasteiger partial charge in [0.05, 0.1) is 17.3 Å². The van der Waals surface area contributed by atoms with Crippen LogP contribution < -0.4 is 5.73 Å². The Labute approximate surface area is 130 Å². The minimum atomic E-state index is -0.359. The molecular formula is C16H12BrClN2. The van der Waals surface area contributed by atoms with Gasteiger partial charge < -0.3 is 5.73 Å². The highest BCUT2D eigenvalue weighted by molar-refractivity contribution is 9.10. The first-order chi connectivity index (χ1) is 9.66. The molecule has 0 fully saturated rings. The van der Waals surface area contributed by atoms with Crippen LogP contribution in [0, 0.1) is 0 Å². The molecule has 0 radical (unpaired) electrons. The van der Waals surface area contributed by atoms with Crippen molar-refractivity contribution in [3.05, 3.63) is 75.4 Å². The smallest absolute Gasteiger partial charge is 0.0766 e. The SMILES string of the molecule is NC(c1ccccc1Cl)c1nc2ccccc2cc1Br. The lowest BCUT2D eigenvalue weighted by Crippen LogP contribution is -2.14. The van der Waals surface area contributed by atoms with E-state index in [2.05, 4.69) is 20.9 Å². The Morgan fingerprint density at radius 1 is 1.05 bits per heavy atom. The van der Waals surface area contributed by atoms with Crippen molar-refractivity contribution in [1.29, 1.82) is 0 Å². The summed E-state index contributed by atoms with van der Waals surface area (Å²) < 4.78 is 0.892. The van der Waals surface area contributed by atoms with Crippen LogP contribution >= 0.6 is 27.5 Å². The average molecular weight is 348 g/mol. The molecule has 0 aliphatic heterocycles. The highest BCUT2D eigenvalue weighted by Gasteiger charge is 2.17. The van der Waals surface area contributed by atoms with Gasteiger partial charge in [-0.05, 0) is 39.7 Å². The van der Waals surface area contributed by atoms with Gasteiger partial charge in [0.15, 0.2) is 0 Å². The van der Waals surface area contributed by atoms with Crippen molar-refractivity contribution >= 4 is 38.4 Å². The largest absolute Gasteiger partial charge is 0.319 e. The average Bonchev–Trinajstić information content (AvgIpc) is 2.46. The predicted molar refractivity (Wildman–Crippen MR) is 86.9 cm³/mol. The molecule has 0 saturated heterocycles. The molecule has 20 heavy (non-hydrogen) atoms. The van der Waals surface area contributed by atoms with Crippen LogP contribution in [-0.4, -0.2) is 4.98 Å². The second-order valence-corrected chi connectivity index (χ2v) is 5.81. The summed E-state index contributed by atoms with van der Waals surface area (Å²) in [6.07, 6.45) is 0. The molecule has 1 heterocycles. The number of rotatable bonds is 2. The molecule has 0 amide bonds. The molecule has 1 aromatic heterocycles. The van der Waals surface area contributed by atoms with Crippen LogP contribution in [0.1, 0.15) is 17.3 Å². The third kappa shape index (κ3) is 2.44. The van der Waals surface area contributed by atoms with E-state index in [1.165, 1.54) is 0 Å². The summed E-state index contributed by atoms with van der Waals surface area (Å²) in [5.74, 6) is 0. The van der Waals surface area contributed by atoms with Crippen molar-refractivity contribution in [2.75, 3.05) is 0 Å². The van der Waals surface area contributed by atoms with Crippen LogP contribution in [-0.2, 0) is 0 Å². The molecule has 1 unspecified atom stereocenters. The zero-order valence-electron chi connectivity index (χ0n) is 10.6. The first-order valence-electron chi connectivity index (χ1n) is 6.22. The number of nitrogens with zero attached hydrogens (tertiary/aromatic N) is 1. The standard InChI is InChI=1S/C16H12BrClN2/c17-12-9-10-5-1-4-8-14(10)20-16(12)15(19)11-6-2-3-7-13(11)18/h1-9,15H,19H2. The molecular weight excluding hydrogens is 336 g/mol. The number of halogens is 2. The van der Waals surface area contributed by atoms with Crippen molar-refractivity contribution in [2.45, 2.75) is 6.04 Å². The third-order valence-corrected chi connectivity index (χ3v) is 4.22. The normalized spacial score (nSPS) is 12.6. The fourth-order valence-corrected chi connectivity index (χ4v) is 3.03. The van der Waals surface area contributed by atoms with E-state index in [4.69, 9.17) is 17.3 Å². The van der Waals surface area contributed by atoms with Crippen molar-refractivity contribution in [2.24, 2.45) is 5.73 Å². The molecule has 0 saturated carbocycles. The molecule has 3 rings (SSSR count). The zero-order valence-corrected chi connectivity index (χ0v) is 12.9. The Kier molecular flexibility index (Phi) is 3.74. The van der Waals surface area contributed by atoms with E-state index in [1.54, 1.807) is 0 Å². The van der Waals surface area contributed by atoms with Crippen LogP contribution in [0.3, 0.4) is 0 Å². The van der Waals surface area contributed by atoms with Gasteiger partial charge in [-0.3, -0.25) is 0 Å². The summed E-state index contributed by atoms with van der Waals surface area (Å²) >= 11 is 9.77. The molecule has 2 aromatic carbocycles. The van der Waals surface area contributed by atoms with Gasteiger partial charge in [0.2, 0.25) is 0 Å². The Morgan fingerprint density at radius 3 is 2.55 bits per heavy atom. The minimum Gasteiger partial charge on any atom is -0.319 e. The molecule has 2 N–H and O–H groups in total. The zero-order chi connectivity index (χ0) is 14.1. The van der Waals surface area contributed by atoms with Crippen molar-refractivity contribution in [1.82, 2.24) is 4.98 Å². The second-order valence-electron chi connectivity index (χ2n) is 4.55. The predicted octanol–water partition coefficient (Wildman–Crippen LogP) is 4.70. The number of nitrogens with two attached hydrogens (primary N) is 1. The molecule has 0 bridgehead atoms. The van der Waals surface area contributed by atoms with Crippen LogP contribution in [0.2, 0.25) is 5.02 Å². The van der Waals surface area contributed by atoms with Crippen molar-refractivity contribution in [3.8, 4) is 0 Å². The fraction of sp³-hybridized carbons (Fsp3) is 0.0625. The number of fused-ring (bicyclic) bond motifs is 1. The summed E-state index contributed by atoms with van der Waals surface area (Å²) in [7, 11) is 0. The monoisotopic (exact) mass is 346 g/mol. The Hall–Kier alpha value is -1.42. The highest BCUT2D eigenvalue weighted by atomic mass is 79.9. The number of hydrogen-bond donors (Lipinski definition) is 1. The molecule has 2 nitrogen and oxygen atoms in total. The van der Waals surface area contributed by atoms with E-state index < -0.39 is 0 Å². The lowest BCUT2D eigenvalue weighted by atomic mass is 10.0. The maximum absolute atomic E-state index is 6.33. The maximum Gasteiger partial charge on any atom is 0.0766 e. The van der Waals surface area contributed by atoms with E-state index in [-0.39, 0.29) is 6.04 Å². The third-order valence-electron chi connectivity index (χ3n) is 3.24. The molecule has 3 aromatic rings. The van der Waals surface area contributed by atoms with E-state index >= 15 is 0 Å². The summed E-state index contributed by atoms with van der Waals surface area (Å²) in [6.45, 7) is 0. The van der Waals surface area contributed by atoms with Gasteiger partial charge in [-0.15, -0.1) is 0 Å². The Bertz CT molecular complexity index is 773. The minimum absolute atomic E-state index is 0.359. The first-order valence-corrected chi connectivity index (χ1v) is 7.39. The van der Waals surface area contributed by atoms with E-state index in [0.29, 0.717) is 5.02 Å². The maximum atomic E-state index is 6.33. The van der Waals surface area contributed by atoms with E-state index in [9.17, 15) is 0 Å². The van der Waals surface area contributed by atoms with Gasteiger partial charge in [0.25, 0.3) is 0 Å². The summed E-state index contributed by atoms with van der Waals surface area (Å²) in [5, 5.41) is 1.73. The Morgan fingerprint density at radius 2 is 1.75 bits per heavy atom. The second kappa shape index (κ2) is 5.52. The quantitative estimate of drug-likeness (QED) is 0.730. The van der Waals surface area contributed by atoms with Gasteiger partial charge in [-0.1, -0.05) is 48.0 Å². The fourth-order valence-electron chi connectivity index (χ4n) is 2.20. The molecule has 100 valence electrons. The van der Waals surface area contributed by atoms with Crippen LogP contribution in [0.5, 0.6) is 0 Å². The van der Waals surface area contributed by atoms with Gasteiger partial charge in [0.1, 0.15) is 0 Å². The van der Waals surface area contributed by atoms with Gasteiger partial charge in [-0.25, -0.2) is 4.98 Å². The molecule has 0 aliphatic carbocycles. The van der Waals surface area contributed by atoms with E-state index in [1.807, 2.05) is 54.6 Å². The lowest BCUT2D eigenvalue weighted by molar-refractivity contribution is 0.830. The topological polar surface area (TPSA) is 38.9 Å². The van der Waals surface area contributed by atoms with Crippen LogP contribution in [0.4, 0.5) is 0 Å². The lowest BCUT2D eigenvalue weighted by Gasteiger charge is -2.15. The summed E-state index contributed by atoms with van der Waals surface area (Å²) in [5.41, 5.74) is 8.92. The van der Waals surface area contributed by atoms with Crippen molar-refractivity contribution < 1.29 is 0 Å². The van der Waals surface area contributed by atoms with Crippen LogP contribution in [0.15, 0.2) is 59.1 Å². The number of pyridine rings is 1. The number of hydrogen-bond acceptors (Lipinski definition) is 2. The summed E-state index contributed by atoms with van der Waals surface area (Å²) in [6, 6.07) is 17.2. The molecule has 0 aliphatic rings. The highest BCUT2D eigenvalue weighted by Crippen LogP contribution is 2.31. The van der Waals surface area contributed by atoms with Gasteiger partial charge in [0, 0.05) is 14.9 Å².